The molecule has 1 saturated heterocycles. The average Bonchev–Trinajstić information content (AvgIpc) is 2.48. The minimum atomic E-state index is -0.478. The topological polar surface area (TPSA) is 46.6 Å². The smallest absolute Gasteiger partial charge is 0.324 e. The first-order valence-corrected chi connectivity index (χ1v) is 8.35. The molecule has 0 radical (unpaired) electrons. The number of Topliss-reactive ketones (excluding diaryl/α,β-unsaturated/α-hetero) is 1. The molecule has 1 aromatic carbocycles. The predicted octanol–water partition coefficient (Wildman–Crippen LogP) is 2.91. The number of hydrogen-bond donors (Lipinski definition) is 0. The molecule has 1 atom stereocenters. The fourth-order valence-corrected chi connectivity index (χ4v) is 3.02. The van der Waals surface area contributed by atoms with Crippen molar-refractivity contribution in [2.75, 3.05) is 13.1 Å². The van der Waals surface area contributed by atoms with E-state index in [2.05, 4.69) is 29.2 Å². The lowest BCUT2D eigenvalue weighted by atomic mass is 9.98. The molecule has 0 aromatic heterocycles. The quantitative estimate of drug-likeness (QED) is 0.757. The van der Waals surface area contributed by atoms with Gasteiger partial charge in [0.25, 0.3) is 0 Å². The van der Waals surface area contributed by atoms with Crippen LogP contribution in [0, 0.1) is 6.92 Å². The number of carbonyl (C=O) groups is 2. The second kappa shape index (κ2) is 7.26. The summed E-state index contributed by atoms with van der Waals surface area (Å²) in [6.45, 7) is 9.29. The summed E-state index contributed by atoms with van der Waals surface area (Å²) in [7, 11) is 0. The molecule has 4 nitrogen and oxygen atoms in total. The van der Waals surface area contributed by atoms with Crippen molar-refractivity contribution < 1.29 is 14.3 Å². The monoisotopic (exact) mass is 317 g/mol. The van der Waals surface area contributed by atoms with Crippen LogP contribution in [0.1, 0.15) is 44.7 Å². The van der Waals surface area contributed by atoms with Crippen molar-refractivity contribution in [3.63, 3.8) is 0 Å². The molecule has 0 saturated carbocycles. The van der Waals surface area contributed by atoms with Gasteiger partial charge in [-0.15, -0.1) is 0 Å². The van der Waals surface area contributed by atoms with Crippen molar-refractivity contribution in [2.24, 2.45) is 0 Å². The van der Waals surface area contributed by atoms with Crippen LogP contribution in [0.15, 0.2) is 24.3 Å². The molecule has 1 aliphatic heterocycles. The molecule has 1 fully saturated rings. The highest BCUT2D eigenvalue weighted by atomic mass is 16.6. The van der Waals surface area contributed by atoms with Crippen molar-refractivity contribution in [3.05, 3.63) is 35.4 Å². The second-order valence-electron chi connectivity index (χ2n) is 6.99. The Labute approximate surface area is 138 Å². The Bertz CT molecular complexity index is 562. The maximum atomic E-state index is 12.3. The molecule has 0 amide bonds. The van der Waals surface area contributed by atoms with Gasteiger partial charge in [0, 0.05) is 19.4 Å². The number of rotatable bonds is 6. The Hall–Kier alpha value is -1.68. The lowest BCUT2D eigenvalue weighted by Crippen LogP contribution is -2.57. The first kappa shape index (κ1) is 17.7. The summed E-state index contributed by atoms with van der Waals surface area (Å²) in [6, 6.07) is 7.79. The Kier molecular flexibility index (Phi) is 5.58. The number of morpholine rings is 1. The van der Waals surface area contributed by atoms with E-state index in [1.807, 2.05) is 27.7 Å². The van der Waals surface area contributed by atoms with Crippen LogP contribution in [-0.4, -0.2) is 41.4 Å². The van der Waals surface area contributed by atoms with Gasteiger partial charge in [-0.3, -0.25) is 14.5 Å². The number of ketones is 1. The van der Waals surface area contributed by atoms with Crippen molar-refractivity contribution in [3.8, 4) is 0 Å². The number of ether oxygens (including phenoxy) is 1. The zero-order valence-electron chi connectivity index (χ0n) is 14.6. The molecule has 23 heavy (non-hydrogen) atoms. The zero-order chi connectivity index (χ0) is 17.0. The van der Waals surface area contributed by atoms with E-state index in [-0.39, 0.29) is 18.2 Å². The van der Waals surface area contributed by atoms with Crippen molar-refractivity contribution in [2.45, 2.75) is 58.6 Å². The number of nitrogens with zero attached hydrogens (tertiary/aromatic N) is 1. The molecule has 0 spiro atoms. The summed E-state index contributed by atoms with van der Waals surface area (Å²) in [4.78, 5) is 26.5. The maximum Gasteiger partial charge on any atom is 0.324 e. The lowest BCUT2D eigenvalue weighted by molar-refractivity contribution is -0.178. The predicted molar refractivity (Wildman–Crippen MR) is 90.3 cm³/mol. The first-order valence-electron chi connectivity index (χ1n) is 8.35. The summed E-state index contributed by atoms with van der Waals surface area (Å²) in [5.74, 6) is -0.155. The third-order valence-corrected chi connectivity index (χ3v) is 4.31. The second-order valence-corrected chi connectivity index (χ2v) is 6.99. The Morgan fingerprint density at radius 1 is 1.30 bits per heavy atom. The van der Waals surface area contributed by atoms with Crippen molar-refractivity contribution in [1.82, 2.24) is 4.90 Å². The van der Waals surface area contributed by atoms with Gasteiger partial charge in [-0.1, -0.05) is 36.8 Å². The number of likely N-dealkylation sites (N-methyl/N-ethyl adjacent to an activating group) is 1. The van der Waals surface area contributed by atoms with Gasteiger partial charge in [0.1, 0.15) is 17.4 Å². The summed E-state index contributed by atoms with van der Waals surface area (Å²) in [5, 5.41) is 0. The number of cyclic esters (lactones) is 1. The van der Waals surface area contributed by atoms with E-state index >= 15 is 0 Å². The Balaban J connectivity index is 1.90. The van der Waals surface area contributed by atoms with Gasteiger partial charge in [-0.2, -0.15) is 0 Å². The van der Waals surface area contributed by atoms with Crippen LogP contribution in [0.4, 0.5) is 0 Å². The van der Waals surface area contributed by atoms with E-state index in [9.17, 15) is 9.59 Å². The molecule has 1 unspecified atom stereocenters. The number of aryl methyl sites for hydroxylation is 2. The van der Waals surface area contributed by atoms with Crippen LogP contribution in [0.5, 0.6) is 0 Å². The summed E-state index contributed by atoms with van der Waals surface area (Å²) in [5.41, 5.74) is 1.89. The fourth-order valence-electron chi connectivity index (χ4n) is 3.02. The number of hydrogen-bond acceptors (Lipinski definition) is 4. The van der Waals surface area contributed by atoms with Gasteiger partial charge in [-0.05, 0) is 39.3 Å². The van der Waals surface area contributed by atoms with Gasteiger partial charge in [0.05, 0.1) is 0 Å². The molecule has 4 heteroatoms. The fraction of sp³-hybridized carbons (Fsp3) is 0.579. The van der Waals surface area contributed by atoms with E-state index in [0.717, 1.165) is 18.5 Å². The van der Waals surface area contributed by atoms with Gasteiger partial charge < -0.3 is 4.74 Å². The van der Waals surface area contributed by atoms with Crippen LogP contribution in [0.25, 0.3) is 0 Å². The molecule has 2 rings (SSSR count). The van der Waals surface area contributed by atoms with E-state index in [1.54, 1.807) is 0 Å². The minimum Gasteiger partial charge on any atom is -0.457 e. The standard InChI is InChI=1S/C19H27NO3/c1-5-20-13-19(3,4)23-18(22)17(20)12-16(21)11-10-15-8-6-14(2)7-9-15/h6-9,17H,5,10-13H2,1-4H3. The molecule has 1 heterocycles. The van der Waals surface area contributed by atoms with Crippen LogP contribution < -0.4 is 0 Å². The van der Waals surface area contributed by atoms with E-state index < -0.39 is 11.6 Å². The lowest BCUT2D eigenvalue weighted by Gasteiger charge is -2.41. The average molecular weight is 317 g/mol. The first-order chi connectivity index (χ1) is 10.8. The number of esters is 1. The normalized spacial score (nSPS) is 21.0. The third-order valence-electron chi connectivity index (χ3n) is 4.31. The van der Waals surface area contributed by atoms with Gasteiger partial charge in [-0.25, -0.2) is 0 Å². The minimum absolute atomic E-state index is 0.116. The van der Waals surface area contributed by atoms with Crippen molar-refractivity contribution in [1.29, 1.82) is 0 Å². The van der Waals surface area contributed by atoms with E-state index in [1.165, 1.54) is 5.56 Å². The van der Waals surface area contributed by atoms with E-state index in [4.69, 9.17) is 4.74 Å². The molecular weight excluding hydrogens is 290 g/mol. The summed E-state index contributed by atoms with van der Waals surface area (Å²) >= 11 is 0. The molecule has 1 aliphatic rings. The Morgan fingerprint density at radius 3 is 2.57 bits per heavy atom. The number of benzene rings is 1. The molecule has 0 N–H and O–H groups in total. The molecular formula is C19H27NO3. The maximum absolute atomic E-state index is 12.3. The van der Waals surface area contributed by atoms with Crippen molar-refractivity contribution >= 4 is 11.8 Å². The Morgan fingerprint density at radius 2 is 1.96 bits per heavy atom. The highest BCUT2D eigenvalue weighted by molar-refractivity contribution is 5.87. The summed E-state index contributed by atoms with van der Waals surface area (Å²) in [6.07, 6.45) is 1.43. The summed E-state index contributed by atoms with van der Waals surface area (Å²) < 4.78 is 5.46. The van der Waals surface area contributed by atoms with Crippen LogP contribution in [0.2, 0.25) is 0 Å². The van der Waals surface area contributed by atoms with Crippen LogP contribution >= 0.6 is 0 Å². The molecule has 0 bridgehead atoms. The van der Waals surface area contributed by atoms with Gasteiger partial charge >= 0.3 is 5.97 Å². The largest absolute Gasteiger partial charge is 0.457 e. The van der Waals surface area contributed by atoms with Gasteiger partial charge in [0.2, 0.25) is 0 Å². The SMILES string of the molecule is CCN1CC(C)(C)OC(=O)C1CC(=O)CCc1ccc(C)cc1. The molecule has 126 valence electrons. The highest BCUT2D eigenvalue weighted by Gasteiger charge is 2.40. The third kappa shape index (κ3) is 4.90. The van der Waals surface area contributed by atoms with Gasteiger partial charge in [0.15, 0.2) is 0 Å². The van der Waals surface area contributed by atoms with Crippen LogP contribution in [0.3, 0.4) is 0 Å². The molecule has 1 aromatic rings. The number of carbonyl (C=O) groups excluding carboxylic acids is 2. The van der Waals surface area contributed by atoms with E-state index in [0.29, 0.717) is 13.0 Å². The molecule has 0 aliphatic carbocycles. The van der Waals surface area contributed by atoms with Crippen LogP contribution in [-0.2, 0) is 20.7 Å². The zero-order valence-corrected chi connectivity index (χ0v) is 14.6. The highest BCUT2D eigenvalue weighted by Crippen LogP contribution is 2.24.